The fourth-order valence-electron chi connectivity index (χ4n) is 2.53. The summed E-state index contributed by atoms with van der Waals surface area (Å²) in [4.78, 5) is 2.34. The fraction of sp³-hybridized carbons (Fsp3) is 0.571. The third kappa shape index (κ3) is 3.46. The van der Waals surface area contributed by atoms with Gasteiger partial charge in [0.15, 0.2) is 0 Å². The van der Waals surface area contributed by atoms with E-state index in [1.54, 1.807) is 6.07 Å². The molecule has 0 radical (unpaired) electrons. The molecule has 1 aromatic carbocycles. The van der Waals surface area contributed by atoms with E-state index < -0.39 is 0 Å². The second-order valence-corrected chi connectivity index (χ2v) is 6.96. The van der Waals surface area contributed by atoms with Crippen LogP contribution >= 0.6 is 11.8 Å². The zero-order valence-corrected chi connectivity index (χ0v) is 11.8. The van der Waals surface area contributed by atoms with Crippen LogP contribution in [0, 0.1) is 5.82 Å². The maximum absolute atomic E-state index is 13.8. The molecule has 0 bridgehead atoms. The lowest BCUT2D eigenvalue weighted by Gasteiger charge is -2.34. The van der Waals surface area contributed by atoms with Gasteiger partial charge in [0.2, 0.25) is 0 Å². The molecule has 2 atom stereocenters. The summed E-state index contributed by atoms with van der Waals surface area (Å²) in [6.45, 7) is 7.69. The van der Waals surface area contributed by atoms with Gasteiger partial charge in [0.1, 0.15) is 5.82 Å². The van der Waals surface area contributed by atoms with E-state index in [9.17, 15) is 4.39 Å². The molecule has 1 heterocycles. The van der Waals surface area contributed by atoms with E-state index in [4.69, 9.17) is 5.73 Å². The van der Waals surface area contributed by atoms with Gasteiger partial charge < -0.3 is 5.73 Å². The third-order valence-corrected chi connectivity index (χ3v) is 4.46. The Labute approximate surface area is 113 Å². The van der Waals surface area contributed by atoms with Crippen LogP contribution in [0.25, 0.3) is 0 Å². The lowest BCUT2D eigenvalue weighted by molar-refractivity contribution is 0.259. The minimum atomic E-state index is -0.120. The van der Waals surface area contributed by atoms with E-state index in [1.807, 2.05) is 17.8 Å². The van der Waals surface area contributed by atoms with Gasteiger partial charge in [0.05, 0.1) is 0 Å². The van der Waals surface area contributed by atoms with E-state index in [0.29, 0.717) is 23.6 Å². The molecule has 1 aliphatic rings. The van der Waals surface area contributed by atoms with Crippen LogP contribution in [0.4, 0.5) is 4.39 Å². The summed E-state index contributed by atoms with van der Waals surface area (Å²) >= 11 is 2.01. The first kappa shape index (κ1) is 13.8. The molecule has 0 aliphatic carbocycles. The summed E-state index contributed by atoms with van der Waals surface area (Å²) in [5.74, 6) is -0.120. The smallest absolute Gasteiger partial charge is 0.127 e. The molecule has 1 fully saturated rings. The molecule has 18 heavy (non-hydrogen) atoms. The van der Waals surface area contributed by atoms with Gasteiger partial charge >= 0.3 is 0 Å². The Morgan fingerprint density at radius 2 is 2.00 bits per heavy atom. The minimum Gasteiger partial charge on any atom is -0.326 e. The van der Waals surface area contributed by atoms with Crippen LogP contribution in [-0.2, 0) is 13.1 Å². The van der Waals surface area contributed by atoms with Gasteiger partial charge in [0, 0.05) is 42.2 Å². The summed E-state index contributed by atoms with van der Waals surface area (Å²) < 4.78 is 13.8. The van der Waals surface area contributed by atoms with Gasteiger partial charge in [-0.25, -0.2) is 4.39 Å². The van der Waals surface area contributed by atoms with Crippen molar-refractivity contribution in [2.45, 2.75) is 37.4 Å². The summed E-state index contributed by atoms with van der Waals surface area (Å²) in [6, 6.07) is 5.19. The largest absolute Gasteiger partial charge is 0.326 e. The van der Waals surface area contributed by atoms with Crippen molar-refractivity contribution in [3.8, 4) is 0 Å². The van der Waals surface area contributed by atoms with Gasteiger partial charge in [0.25, 0.3) is 0 Å². The molecular weight excluding hydrogens is 247 g/mol. The van der Waals surface area contributed by atoms with E-state index >= 15 is 0 Å². The van der Waals surface area contributed by atoms with Gasteiger partial charge in [-0.2, -0.15) is 11.8 Å². The highest BCUT2D eigenvalue weighted by Gasteiger charge is 2.22. The quantitative estimate of drug-likeness (QED) is 0.913. The number of hydrogen-bond acceptors (Lipinski definition) is 3. The van der Waals surface area contributed by atoms with E-state index in [1.165, 1.54) is 6.07 Å². The summed E-state index contributed by atoms with van der Waals surface area (Å²) in [7, 11) is 0. The van der Waals surface area contributed by atoms with Crippen LogP contribution in [0.1, 0.15) is 25.0 Å². The molecule has 1 aromatic rings. The molecule has 4 heteroatoms. The first-order chi connectivity index (χ1) is 8.58. The molecule has 2 rings (SSSR count). The Bertz CT molecular complexity index is 401. The zero-order valence-electron chi connectivity index (χ0n) is 11.0. The molecule has 1 saturated heterocycles. The number of nitrogens with zero attached hydrogens (tertiary/aromatic N) is 1. The topological polar surface area (TPSA) is 29.3 Å². The third-order valence-electron chi connectivity index (χ3n) is 3.24. The van der Waals surface area contributed by atoms with Crippen LogP contribution in [0.15, 0.2) is 18.2 Å². The lowest BCUT2D eigenvalue weighted by Crippen LogP contribution is -2.39. The number of nitrogens with two attached hydrogens (primary N) is 1. The van der Waals surface area contributed by atoms with Crippen LogP contribution in [0.2, 0.25) is 0 Å². The normalized spacial score (nSPS) is 25.3. The van der Waals surface area contributed by atoms with Crippen molar-refractivity contribution in [3.05, 3.63) is 35.1 Å². The Hall–Kier alpha value is -0.580. The zero-order chi connectivity index (χ0) is 13.1. The maximum Gasteiger partial charge on any atom is 0.127 e. The molecule has 0 spiro atoms. The molecule has 100 valence electrons. The average Bonchev–Trinajstić information content (AvgIpc) is 2.30. The summed E-state index contributed by atoms with van der Waals surface area (Å²) in [5.41, 5.74) is 7.37. The number of hydrogen-bond donors (Lipinski definition) is 1. The van der Waals surface area contributed by atoms with Crippen molar-refractivity contribution in [3.63, 3.8) is 0 Å². The molecule has 0 amide bonds. The van der Waals surface area contributed by atoms with Crippen molar-refractivity contribution in [2.24, 2.45) is 5.73 Å². The average molecular weight is 268 g/mol. The van der Waals surface area contributed by atoms with E-state index in [0.717, 1.165) is 24.2 Å². The first-order valence-electron chi connectivity index (χ1n) is 6.43. The predicted molar refractivity (Wildman–Crippen MR) is 76.1 cm³/mol. The van der Waals surface area contributed by atoms with Gasteiger partial charge in [-0.15, -0.1) is 0 Å². The summed E-state index contributed by atoms with van der Waals surface area (Å²) in [6.07, 6.45) is 0. The highest BCUT2D eigenvalue weighted by atomic mass is 32.2. The van der Waals surface area contributed by atoms with Crippen molar-refractivity contribution in [1.29, 1.82) is 0 Å². The maximum atomic E-state index is 13.8. The van der Waals surface area contributed by atoms with Gasteiger partial charge in [-0.05, 0) is 11.6 Å². The van der Waals surface area contributed by atoms with Crippen LogP contribution in [0.3, 0.4) is 0 Å². The van der Waals surface area contributed by atoms with Gasteiger partial charge in [-0.3, -0.25) is 4.90 Å². The lowest BCUT2D eigenvalue weighted by atomic mass is 10.1. The number of benzene rings is 1. The van der Waals surface area contributed by atoms with Gasteiger partial charge in [-0.1, -0.05) is 26.0 Å². The van der Waals surface area contributed by atoms with Crippen molar-refractivity contribution in [2.75, 3.05) is 13.1 Å². The first-order valence-corrected chi connectivity index (χ1v) is 7.38. The van der Waals surface area contributed by atoms with Crippen molar-refractivity contribution in [1.82, 2.24) is 4.90 Å². The van der Waals surface area contributed by atoms with E-state index in [-0.39, 0.29) is 5.82 Å². The molecular formula is C14H21FN2S. The SMILES string of the molecule is CC1CN(Cc2cc(CN)ccc2F)CC(C)S1. The second-order valence-electron chi connectivity index (χ2n) is 5.08. The highest BCUT2D eigenvalue weighted by Crippen LogP contribution is 2.26. The Morgan fingerprint density at radius 3 is 2.61 bits per heavy atom. The molecule has 0 aromatic heterocycles. The molecule has 2 N–H and O–H groups in total. The number of halogens is 1. The van der Waals surface area contributed by atoms with Crippen molar-refractivity contribution < 1.29 is 4.39 Å². The summed E-state index contributed by atoms with van der Waals surface area (Å²) in [5, 5.41) is 1.24. The van der Waals surface area contributed by atoms with E-state index in [2.05, 4.69) is 18.7 Å². The highest BCUT2D eigenvalue weighted by molar-refractivity contribution is 8.00. The predicted octanol–water partition coefficient (Wildman–Crippen LogP) is 2.61. The number of rotatable bonds is 3. The number of thioether (sulfide) groups is 1. The second kappa shape index (κ2) is 6.04. The Morgan fingerprint density at radius 1 is 1.33 bits per heavy atom. The molecule has 0 saturated carbocycles. The molecule has 2 unspecified atom stereocenters. The van der Waals surface area contributed by atoms with Crippen LogP contribution in [-0.4, -0.2) is 28.5 Å². The minimum absolute atomic E-state index is 0.120. The van der Waals surface area contributed by atoms with Crippen LogP contribution < -0.4 is 5.73 Å². The Kier molecular flexibility index (Phi) is 4.65. The van der Waals surface area contributed by atoms with Crippen LogP contribution in [0.5, 0.6) is 0 Å². The molecule has 1 aliphatic heterocycles. The fourth-order valence-corrected chi connectivity index (χ4v) is 3.92. The standard InChI is InChI=1S/C14H21FN2S/c1-10-7-17(8-11(2)18-10)9-13-5-12(6-16)3-4-14(13)15/h3-5,10-11H,6-9,16H2,1-2H3. The molecule has 2 nitrogen and oxygen atoms in total. The monoisotopic (exact) mass is 268 g/mol. The Balaban J connectivity index is 2.08. The van der Waals surface area contributed by atoms with Crippen molar-refractivity contribution >= 4 is 11.8 Å².